The number of nitrogens with two attached hydrogens (primary N) is 2. The number of nitrogens with one attached hydrogen (secondary N) is 1. The van der Waals surface area contributed by atoms with Crippen molar-refractivity contribution in [3.05, 3.63) is 81.8 Å². The number of Topliss-reactive ketones (excluding diaryl/α,β-unsaturated/α-hetero) is 2. The molecule has 5 unspecified atom stereocenters. The number of amides is 2. The van der Waals surface area contributed by atoms with E-state index in [2.05, 4.69) is 5.32 Å². The predicted molar refractivity (Wildman–Crippen MR) is 157 cm³/mol. The van der Waals surface area contributed by atoms with Crippen molar-refractivity contribution >= 4 is 29.1 Å². The second kappa shape index (κ2) is 10.9. The number of aliphatic hydroxyl groups is 4. The number of primary amides is 1. The molecule has 0 aliphatic heterocycles. The average Bonchev–Trinajstić information content (AvgIpc) is 2.96. The number of carbonyl (C=O) groups is 4. The van der Waals surface area contributed by atoms with Crippen LogP contribution in [0, 0.1) is 11.8 Å². The number of phenolic OH excluding ortho intramolecular Hbond substituents is 1. The molecule has 0 fully saturated rings. The van der Waals surface area contributed by atoms with E-state index in [0.29, 0.717) is 0 Å². The van der Waals surface area contributed by atoms with Gasteiger partial charge in [0.05, 0.1) is 35.4 Å². The summed E-state index contributed by atoms with van der Waals surface area (Å²) in [6, 6.07) is 9.55. The maximum absolute atomic E-state index is 14.0. The molecular formula is C31H34N4O9. The van der Waals surface area contributed by atoms with E-state index in [-0.39, 0.29) is 23.2 Å². The first-order chi connectivity index (χ1) is 20.6. The maximum Gasteiger partial charge on any atom is 0.255 e. The molecule has 0 saturated carbocycles. The fourth-order valence-corrected chi connectivity index (χ4v) is 6.91. The standard InChI is InChI=1S/C31H34N4O9/c1-12-14-9-10-16(34-30(43)15(32)11-13-7-5-4-6-8-13)23(36)18(14)24(37)19-17(12)25(38)21-22(35(2)3)26(39)20(29(33)42)28(41)31(21,44)27(19)40/h4-10,12,15,17,21-22,25,36,38-40,44H,11,32H2,1-3H3,(H2,33,42)(H,34,43)/t12?,15-,17?,21?,22+,25?,31?/m1/s1. The minimum Gasteiger partial charge on any atom is -0.510 e. The van der Waals surface area contributed by atoms with Crippen molar-refractivity contribution in [3.8, 4) is 5.75 Å². The third kappa shape index (κ3) is 4.39. The Morgan fingerprint density at radius 3 is 2.30 bits per heavy atom. The van der Waals surface area contributed by atoms with Gasteiger partial charge in [0.2, 0.25) is 11.7 Å². The third-order valence-corrected chi connectivity index (χ3v) is 9.02. The first-order valence-corrected chi connectivity index (χ1v) is 13.9. The van der Waals surface area contributed by atoms with Crippen molar-refractivity contribution in [2.75, 3.05) is 19.4 Å². The molecule has 3 aliphatic rings. The summed E-state index contributed by atoms with van der Waals surface area (Å²) in [5.74, 6) is -10.6. The summed E-state index contributed by atoms with van der Waals surface area (Å²) in [6.45, 7) is 1.62. The second-order valence-electron chi connectivity index (χ2n) is 11.8. The molecule has 0 aromatic heterocycles. The van der Waals surface area contributed by atoms with E-state index in [1.807, 2.05) is 6.07 Å². The van der Waals surface area contributed by atoms with Crippen molar-refractivity contribution in [1.82, 2.24) is 4.90 Å². The van der Waals surface area contributed by atoms with Crippen LogP contribution in [-0.2, 0) is 20.8 Å². The number of benzene rings is 2. The summed E-state index contributed by atoms with van der Waals surface area (Å²) < 4.78 is 0. The van der Waals surface area contributed by atoms with Gasteiger partial charge >= 0.3 is 0 Å². The SMILES string of the molecule is CC1c2ccc(NC(=O)[C@H](N)Cc3ccccc3)c(O)c2C(=O)C2=C(O)C3(O)C(=O)C(C(N)=O)=C(O)[C@@H](N(C)C)C3C(O)C21. The zero-order chi connectivity index (χ0) is 32.4. The van der Waals surface area contributed by atoms with Gasteiger partial charge in [0.15, 0.2) is 17.1 Å². The number of fused-ring (bicyclic) bond motifs is 3. The molecule has 7 atom stereocenters. The molecule has 2 aromatic carbocycles. The van der Waals surface area contributed by atoms with E-state index in [9.17, 15) is 44.7 Å². The predicted octanol–water partition coefficient (Wildman–Crippen LogP) is 0.161. The van der Waals surface area contributed by atoms with Gasteiger partial charge in [-0.3, -0.25) is 24.1 Å². The smallest absolute Gasteiger partial charge is 0.255 e. The van der Waals surface area contributed by atoms with Crippen molar-refractivity contribution in [2.45, 2.75) is 43.1 Å². The average molecular weight is 607 g/mol. The molecule has 13 heteroatoms. The normalized spacial score (nSPS) is 28.8. The summed E-state index contributed by atoms with van der Waals surface area (Å²) in [6.07, 6.45) is -1.50. The first-order valence-electron chi connectivity index (χ1n) is 13.9. The van der Waals surface area contributed by atoms with E-state index in [1.54, 1.807) is 31.2 Å². The van der Waals surface area contributed by atoms with E-state index >= 15 is 0 Å². The molecule has 10 N–H and O–H groups in total. The number of nitrogens with zero attached hydrogens (tertiary/aromatic N) is 1. The molecule has 232 valence electrons. The first kappa shape index (κ1) is 30.9. The van der Waals surface area contributed by atoms with Crippen molar-refractivity contribution in [3.63, 3.8) is 0 Å². The fraction of sp³-hybridized carbons (Fsp3) is 0.355. The Morgan fingerprint density at radius 1 is 1.07 bits per heavy atom. The van der Waals surface area contributed by atoms with Crippen LogP contribution in [0.4, 0.5) is 5.69 Å². The molecular weight excluding hydrogens is 572 g/mol. The van der Waals surface area contributed by atoms with Gasteiger partial charge in [0, 0.05) is 11.5 Å². The van der Waals surface area contributed by atoms with Gasteiger partial charge in [-0.15, -0.1) is 0 Å². The second-order valence-corrected chi connectivity index (χ2v) is 11.8. The van der Waals surface area contributed by atoms with Gasteiger partial charge < -0.3 is 42.3 Å². The highest BCUT2D eigenvalue weighted by Gasteiger charge is 2.67. The number of ketones is 2. The topological polar surface area (TPSA) is 237 Å². The lowest BCUT2D eigenvalue weighted by Crippen LogP contribution is -2.68. The lowest BCUT2D eigenvalue weighted by Gasteiger charge is -2.53. The molecule has 0 radical (unpaired) electrons. The highest BCUT2D eigenvalue weighted by molar-refractivity contribution is 6.25. The van der Waals surface area contributed by atoms with E-state index in [1.165, 1.54) is 31.1 Å². The summed E-state index contributed by atoms with van der Waals surface area (Å²) in [7, 11) is 2.92. The van der Waals surface area contributed by atoms with E-state index in [0.717, 1.165) is 5.56 Å². The molecule has 13 nitrogen and oxygen atoms in total. The van der Waals surface area contributed by atoms with Gasteiger partial charge in [0.25, 0.3) is 5.91 Å². The molecule has 2 amide bonds. The number of aromatic hydroxyl groups is 1. The number of anilines is 1. The maximum atomic E-state index is 14.0. The highest BCUT2D eigenvalue weighted by atomic mass is 16.4. The third-order valence-electron chi connectivity index (χ3n) is 9.02. The van der Waals surface area contributed by atoms with Gasteiger partial charge in [-0.2, -0.15) is 0 Å². The minimum absolute atomic E-state index is 0.144. The fourth-order valence-electron chi connectivity index (χ4n) is 6.91. The van der Waals surface area contributed by atoms with Crippen molar-refractivity contribution in [2.24, 2.45) is 23.3 Å². The zero-order valence-corrected chi connectivity index (χ0v) is 24.2. The number of aliphatic hydroxyl groups excluding tert-OH is 3. The Morgan fingerprint density at radius 2 is 1.70 bits per heavy atom. The number of rotatable bonds is 6. The van der Waals surface area contributed by atoms with Crippen LogP contribution < -0.4 is 16.8 Å². The Bertz CT molecular complexity index is 1650. The molecule has 2 aromatic rings. The van der Waals surface area contributed by atoms with Crippen LogP contribution in [0.25, 0.3) is 0 Å². The number of phenols is 1. The summed E-state index contributed by atoms with van der Waals surface area (Å²) in [4.78, 5) is 53.9. The molecule has 0 bridgehead atoms. The van der Waals surface area contributed by atoms with Crippen LogP contribution in [-0.4, -0.2) is 91.7 Å². The van der Waals surface area contributed by atoms with Crippen LogP contribution in [0.3, 0.4) is 0 Å². The Balaban J connectivity index is 1.59. The van der Waals surface area contributed by atoms with Gasteiger partial charge in [-0.05, 0) is 43.6 Å². The number of hydrogen-bond acceptors (Lipinski definition) is 11. The zero-order valence-electron chi connectivity index (χ0n) is 24.2. The molecule has 44 heavy (non-hydrogen) atoms. The molecule has 5 rings (SSSR count). The molecule has 0 spiro atoms. The Labute approximate surface area is 252 Å². The molecule has 0 heterocycles. The van der Waals surface area contributed by atoms with Crippen LogP contribution in [0.2, 0.25) is 0 Å². The van der Waals surface area contributed by atoms with Gasteiger partial charge in [-0.25, -0.2) is 0 Å². The van der Waals surface area contributed by atoms with Crippen molar-refractivity contribution in [1.29, 1.82) is 0 Å². The lowest BCUT2D eigenvalue weighted by atomic mass is 9.55. The van der Waals surface area contributed by atoms with Gasteiger partial charge in [0.1, 0.15) is 17.1 Å². The van der Waals surface area contributed by atoms with Crippen molar-refractivity contribution < 1.29 is 44.7 Å². The van der Waals surface area contributed by atoms with Crippen LogP contribution >= 0.6 is 0 Å². The highest BCUT2D eigenvalue weighted by Crippen LogP contribution is 2.56. The van der Waals surface area contributed by atoms with Crippen LogP contribution in [0.5, 0.6) is 5.75 Å². The largest absolute Gasteiger partial charge is 0.510 e. The molecule has 3 aliphatic carbocycles. The number of carbonyl (C=O) groups excluding carboxylic acids is 4. The quantitative estimate of drug-likeness (QED) is 0.163. The monoisotopic (exact) mass is 606 g/mol. The summed E-state index contributed by atoms with van der Waals surface area (Å²) in [5, 5.41) is 59.6. The van der Waals surface area contributed by atoms with Crippen LogP contribution in [0.15, 0.2) is 65.1 Å². The summed E-state index contributed by atoms with van der Waals surface area (Å²) >= 11 is 0. The lowest BCUT2D eigenvalue weighted by molar-refractivity contribution is -0.162. The minimum atomic E-state index is -3.02. The summed E-state index contributed by atoms with van der Waals surface area (Å²) in [5.41, 5.74) is 7.49. The van der Waals surface area contributed by atoms with Crippen LogP contribution in [0.1, 0.15) is 34.3 Å². The Hall–Kier alpha value is -4.56. The van der Waals surface area contributed by atoms with Gasteiger partial charge in [-0.1, -0.05) is 43.3 Å². The molecule has 0 saturated heterocycles. The Kier molecular flexibility index (Phi) is 7.62. The number of likely N-dealkylation sites (N-methyl/N-ethyl adjacent to an activating group) is 1. The van der Waals surface area contributed by atoms with E-state index < -0.39 is 93.3 Å². The number of hydrogen-bond donors (Lipinski definition) is 8. The van der Waals surface area contributed by atoms with E-state index in [4.69, 9.17) is 11.5 Å².